The molecular weight excluding hydrogens is 278 g/mol. The first-order valence-electron chi connectivity index (χ1n) is 7.82. The highest BCUT2D eigenvalue weighted by molar-refractivity contribution is 5.77. The molecule has 2 unspecified atom stereocenters. The van der Waals surface area contributed by atoms with Crippen LogP contribution in [-0.2, 0) is 4.79 Å². The second-order valence-electron chi connectivity index (χ2n) is 7.66. The van der Waals surface area contributed by atoms with Crippen molar-refractivity contribution in [3.05, 3.63) is 35.9 Å². The predicted molar refractivity (Wildman–Crippen MR) is 86.6 cm³/mol. The highest BCUT2D eigenvalue weighted by Crippen LogP contribution is 2.48. The number of benzene rings is 1. The number of nitrogens with zero attached hydrogens (tertiary/aromatic N) is 1. The van der Waals surface area contributed by atoms with Gasteiger partial charge in [-0.15, -0.1) is 0 Å². The van der Waals surface area contributed by atoms with Crippen LogP contribution >= 0.6 is 0 Å². The van der Waals surface area contributed by atoms with Crippen LogP contribution in [0.3, 0.4) is 0 Å². The van der Waals surface area contributed by atoms with Crippen LogP contribution in [0.5, 0.6) is 0 Å². The predicted octanol–water partition coefficient (Wildman–Crippen LogP) is 2.93. The summed E-state index contributed by atoms with van der Waals surface area (Å²) in [4.78, 5) is 14.1. The molecule has 2 N–H and O–H groups in total. The number of likely N-dealkylation sites (tertiary alicyclic amines) is 1. The van der Waals surface area contributed by atoms with E-state index >= 15 is 0 Å². The van der Waals surface area contributed by atoms with Gasteiger partial charge in [-0.05, 0) is 24.8 Å². The monoisotopic (exact) mass is 305 g/mol. The molecule has 0 saturated carbocycles. The van der Waals surface area contributed by atoms with E-state index in [1.807, 2.05) is 51.1 Å². The number of hydrogen-bond acceptors (Lipinski definition) is 3. The summed E-state index contributed by atoms with van der Waals surface area (Å²) in [5.74, 6) is -0.928. The molecule has 0 amide bonds. The number of β-amino-alcohol motifs (C(OH)–C–C–N with tert-alkyl or cyclic N) is 1. The Bertz CT molecular complexity index is 537. The number of aliphatic hydroxyl groups is 1. The summed E-state index contributed by atoms with van der Waals surface area (Å²) >= 11 is 0. The van der Waals surface area contributed by atoms with E-state index in [2.05, 4.69) is 11.8 Å². The molecule has 0 aliphatic carbocycles. The average molecular weight is 305 g/mol. The Morgan fingerprint density at radius 3 is 2.32 bits per heavy atom. The largest absolute Gasteiger partial charge is 0.481 e. The van der Waals surface area contributed by atoms with Gasteiger partial charge in [0.15, 0.2) is 0 Å². The maximum absolute atomic E-state index is 11.9. The fourth-order valence-electron chi connectivity index (χ4n) is 3.98. The normalized spacial score (nSPS) is 31.2. The van der Waals surface area contributed by atoms with Gasteiger partial charge in [-0.25, -0.2) is 0 Å². The van der Waals surface area contributed by atoms with Crippen LogP contribution in [0.15, 0.2) is 30.3 Å². The lowest BCUT2D eigenvalue weighted by Gasteiger charge is -2.44. The summed E-state index contributed by atoms with van der Waals surface area (Å²) in [7, 11) is 0. The summed E-state index contributed by atoms with van der Waals surface area (Å²) in [6, 6.07) is 9.85. The van der Waals surface area contributed by atoms with Crippen LogP contribution in [0.1, 0.15) is 46.2 Å². The van der Waals surface area contributed by atoms with Gasteiger partial charge in [0, 0.05) is 18.6 Å². The molecular formula is C18H27NO3. The molecule has 1 aliphatic rings. The minimum Gasteiger partial charge on any atom is -0.481 e. The number of hydrogen-bond donors (Lipinski definition) is 2. The van der Waals surface area contributed by atoms with E-state index in [1.54, 1.807) is 6.92 Å². The van der Waals surface area contributed by atoms with E-state index in [0.717, 1.165) is 5.56 Å². The quantitative estimate of drug-likeness (QED) is 0.901. The van der Waals surface area contributed by atoms with E-state index in [9.17, 15) is 15.0 Å². The Morgan fingerprint density at radius 1 is 1.32 bits per heavy atom. The Hall–Kier alpha value is -1.39. The zero-order chi connectivity index (χ0) is 16.7. The third-order valence-corrected chi connectivity index (χ3v) is 5.04. The minimum absolute atomic E-state index is 0.0567. The Balaban J connectivity index is 2.45. The van der Waals surface area contributed by atoms with Crippen molar-refractivity contribution < 1.29 is 15.0 Å². The molecule has 2 rings (SSSR count). The molecule has 122 valence electrons. The first kappa shape index (κ1) is 17.0. The lowest BCUT2D eigenvalue weighted by Crippen LogP contribution is -2.53. The van der Waals surface area contributed by atoms with Gasteiger partial charge in [0.1, 0.15) is 5.41 Å². The van der Waals surface area contributed by atoms with Crippen molar-refractivity contribution in [3.63, 3.8) is 0 Å². The highest BCUT2D eigenvalue weighted by atomic mass is 16.4. The van der Waals surface area contributed by atoms with Crippen LogP contribution in [-0.4, -0.2) is 39.8 Å². The van der Waals surface area contributed by atoms with Crippen molar-refractivity contribution in [2.45, 2.75) is 52.8 Å². The van der Waals surface area contributed by atoms with Crippen molar-refractivity contribution in [3.8, 4) is 0 Å². The molecule has 1 heterocycles. The Kier molecular flexibility index (Phi) is 4.37. The number of aliphatic hydroxyl groups excluding tert-OH is 1. The molecule has 0 spiro atoms. The van der Waals surface area contributed by atoms with Gasteiger partial charge < -0.3 is 10.2 Å². The second-order valence-corrected chi connectivity index (χ2v) is 7.66. The number of rotatable bonds is 3. The summed E-state index contributed by atoms with van der Waals surface area (Å²) in [5, 5.41) is 20.3. The van der Waals surface area contributed by atoms with Crippen molar-refractivity contribution in [2.75, 3.05) is 6.54 Å². The number of carboxylic acid groups (broad SMARTS) is 1. The standard InChI is InChI=1S/C18H27NO3/c1-12(13-9-7-6-8-10-13)19-11-14(20)18(5,16(21)22)15(19)17(2,3)4/h6-10,12,14-15,20H,11H2,1-5H3,(H,21,22)/t12-,14?,15?,18+/m1/s1. The third kappa shape index (κ3) is 2.66. The zero-order valence-electron chi connectivity index (χ0n) is 14.1. The third-order valence-electron chi connectivity index (χ3n) is 5.04. The molecule has 4 nitrogen and oxygen atoms in total. The maximum atomic E-state index is 11.9. The van der Waals surface area contributed by atoms with Crippen LogP contribution in [0.25, 0.3) is 0 Å². The van der Waals surface area contributed by atoms with Crippen molar-refractivity contribution in [1.82, 2.24) is 4.90 Å². The van der Waals surface area contributed by atoms with Gasteiger partial charge in [0.2, 0.25) is 0 Å². The first-order valence-corrected chi connectivity index (χ1v) is 7.82. The zero-order valence-corrected chi connectivity index (χ0v) is 14.1. The first-order chi connectivity index (χ1) is 10.1. The summed E-state index contributed by atoms with van der Waals surface area (Å²) < 4.78 is 0. The Morgan fingerprint density at radius 2 is 1.86 bits per heavy atom. The Labute approximate surface area is 132 Å². The number of carboxylic acids is 1. The van der Waals surface area contributed by atoms with Crippen LogP contribution < -0.4 is 0 Å². The maximum Gasteiger partial charge on any atom is 0.313 e. The van der Waals surface area contributed by atoms with Crippen molar-refractivity contribution in [2.24, 2.45) is 10.8 Å². The average Bonchev–Trinajstić information content (AvgIpc) is 2.72. The lowest BCUT2D eigenvalue weighted by atomic mass is 9.69. The van der Waals surface area contributed by atoms with E-state index in [1.165, 1.54) is 0 Å². The van der Waals surface area contributed by atoms with Gasteiger partial charge in [-0.1, -0.05) is 51.1 Å². The number of aliphatic carboxylic acids is 1. The molecule has 1 aliphatic heterocycles. The van der Waals surface area contributed by atoms with E-state index in [4.69, 9.17) is 0 Å². The number of carbonyl (C=O) groups is 1. The SMILES string of the molecule is C[C@H](c1ccccc1)N1CC(O)[C@](C)(C(=O)O)C1C(C)(C)C. The van der Waals surface area contributed by atoms with Gasteiger partial charge in [0.05, 0.1) is 6.10 Å². The molecule has 0 radical (unpaired) electrons. The summed E-state index contributed by atoms with van der Waals surface area (Å²) in [6.07, 6.45) is -0.875. The lowest BCUT2D eigenvalue weighted by molar-refractivity contribution is -0.157. The molecule has 1 aromatic carbocycles. The fourth-order valence-corrected chi connectivity index (χ4v) is 3.98. The summed E-state index contributed by atoms with van der Waals surface area (Å²) in [6.45, 7) is 10.3. The molecule has 4 heteroatoms. The smallest absolute Gasteiger partial charge is 0.313 e. The van der Waals surface area contributed by atoms with Crippen molar-refractivity contribution in [1.29, 1.82) is 0 Å². The van der Waals surface area contributed by atoms with Crippen LogP contribution in [0.2, 0.25) is 0 Å². The fraction of sp³-hybridized carbons (Fsp3) is 0.611. The van der Waals surface area contributed by atoms with Crippen LogP contribution in [0, 0.1) is 10.8 Å². The van der Waals surface area contributed by atoms with E-state index < -0.39 is 17.5 Å². The van der Waals surface area contributed by atoms with Gasteiger partial charge in [0.25, 0.3) is 0 Å². The molecule has 4 atom stereocenters. The summed E-state index contributed by atoms with van der Waals surface area (Å²) in [5.41, 5.74) is -0.284. The topological polar surface area (TPSA) is 60.8 Å². The van der Waals surface area contributed by atoms with Gasteiger partial charge in [-0.3, -0.25) is 9.69 Å². The molecule has 1 aromatic rings. The molecule has 22 heavy (non-hydrogen) atoms. The van der Waals surface area contributed by atoms with Crippen LogP contribution in [0.4, 0.5) is 0 Å². The minimum atomic E-state index is -1.17. The molecule has 0 bridgehead atoms. The molecule has 1 fully saturated rings. The van der Waals surface area contributed by atoms with Gasteiger partial charge >= 0.3 is 5.97 Å². The van der Waals surface area contributed by atoms with E-state index in [-0.39, 0.29) is 17.5 Å². The molecule has 1 saturated heterocycles. The van der Waals surface area contributed by atoms with Gasteiger partial charge in [-0.2, -0.15) is 0 Å². The van der Waals surface area contributed by atoms with E-state index in [0.29, 0.717) is 6.54 Å². The molecule has 0 aromatic heterocycles. The second kappa shape index (κ2) is 5.67. The highest BCUT2D eigenvalue weighted by Gasteiger charge is 2.60. The van der Waals surface area contributed by atoms with Crippen molar-refractivity contribution >= 4 is 5.97 Å².